The predicted molar refractivity (Wildman–Crippen MR) is 139 cm³/mol. The van der Waals surface area contributed by atoms with Gasteiger partial charge < -0.3 is 14.8 Å². The molecule has 1 aliphatic heterocycles. The van der Waals surface area contributed by atoms with Gasteiger partial charge in [0.1, 0.15) is 5.82 Å². The number of piperidine rings is 1. The third-order valence-corrected chi connectivity index (χ3v) is 6.75. The number of aryl methyl sites for hydroxylation is 1. The first-order valence-electron chi connectivity index (χ1n) is 12.2. The summed E-state index contributed by atoms with van der Waals surface area (Å²) in [6, 6.07) is 24.3. The van der Waals surface area contributed by atoms with Gasteiger partial charge >= 0.3 is 0 Å². The number of rotatable bonds is 5. The van der Waals surface area contributed by atoms with Gasteiger partial charge in [-0.15, -0.1) is 0 Å². The van der Waals surface area contributed by atoms with E-state index >= 15 is 0 Å². The molecule has 1 N–H and O–H groups in total. The lowest BCUT2D eigenvalue weighted by molar-refractivity contribution is -0.114. The third kappa shape index (κ3) is 4.83. The fraction of sp³-hybridized carbons (Fsp3) is 0.276. The first kappa shape index (κ1) is 22.8. The van der Waals surface area contributed by atoms with Gasteiger partial charge in [0.2, 0.25) is 5.91 Å². The summed E-state index contributed by atoms with van der Waals surface area (Å²) in [5.74, 6) is 0.958. The molecule has 6 nitrogen and oxygen atoms in total. The summed E-state index contributed by atoms with van der Waals surface area (Å²) in [4.78, 5) is 32.6. The summed E-state index contributed by atoms with van der Waals surface area (Å²) in [6.07, 6.45) is 2.03. The highest BCUT2D eigenvalue weighted by molar-refractivity contribution is 6.07. The number of aromatic nitrogens is 2. The fourth-order valence-electron chi connectivity index (χ4n) is 5.11. The molecule has 3 aromatic carbocycles. The molecule has 1 saturated heterocycles. The number of hydrogen-bond acceptors (Lipinski definition) is 3. The molecule has 5 rings (SSSR count). The van der Waals surface area contributed by atoms with Crippen molar-refractivity contribution < 1.29 is 9.59 Å². The molecule has 1 aromatic heterocycles. The number of benzene rings is 3. The van der Waals surface area contributed by atoms with Crippen LogP contribution in [0.2, 0.25) is 0 Å². The van der Waals surface area contributed by atoms with Gasteiger partial charge in [0, 0.05) is 38.2 Å². The van der Waals surface area contributed by atoms with Gasteiger partial charge in [0.05, 0.1) is 16.6 Å². The van der Waals surface area contributed by atoms with E-state index in [0.717, 1.165) is 36.3 Å². The molecule has 0 spiro atoms. The molecule has 6 heteroatoms. The molecule has 2 amide bonds. The van der Waals surface area contributed by atoms with Crippen LogP contribution in [0.25, 0.3) is 11.0 Å². The van der Waals surface area contributed by atoms with Crippen LogP contribution in [-0.2, 0) is 11.3 Å². The average molecular weight is 467 g/mol. The van der Waals surface area contributed by atoms with Crippen molar-refractivity contribution in [3.63, 3.8) is 0 Å². The molecule has 1 atom stereocenters. The Kier molecular flexibility index (Phi) is 6.36. The van der Waals surface area contributed by atoms with E-state index < -0.39 is 0 Å². The molecule has 0 saturated carbocycles. The summed E-state index contributed by atoms with van der Waals surface area (Å²) < 4.78 is 2.11. The second kappa shape index (κ2) is 9.74. The van der Waals surface area contributed by atoms with Crippen LogP contribution < -0.4 is 5.32 Å². The van der Waals surface area contributed by atoms with E-state index in [0.29, 0.717) is 35.8 Å². The zero-order valence-corrected chi connectivity index (χ0v) is 20.2. The van der Waals surface area contributed by atoms with Crippen molar-refractivity contribution in [2.45, 2.75) is 39.2 Å². The third-order valence-electron chi connectivity index (χ3n) is 6.75. The van der Waals surface area contributed by atoms with Crippen molar-refractivity contribution in [3.8, 4) is 0 Å². The zero-order valence-electron chi connectivity index (χ0n) is 20.2. The Bertz CT molecular complexity index is 1360. The van der Waals surface area contributed by atoms with Gasteiger partial charge in [0.25, 0.3) is 5.91 Å². The summed E-state index contributed by atoms with van der Waals surface area (Å²) in [5.41, 5.74) is 5.11. The van der Waals surface area contributed by atoms with Gasteiger partial charge in [-0.25, -0.2) is 4.98 Å². The summed E-state index contributed by atoms with van der Waals surface area (Å²) in [6.45, 7) is 5.46. The number of anilines is 1. The Labute approximate surface area is 205 Å². The second-order valence-electron chi connectivity index (χ2n) is 9.30. The highest BCUT2D eigenvalue weighted by Crippen LogP contribution is 2.31. The molecule has 0 radical (unpaired) electrons. The predicted octanol–water partition coefficient (Wildman–Crippen LogP) is 5.37. The standard InChI is InChI=1S/C29H30N4O2/c1-20-30-27-17-25(31-21(2)34)16-26(28(27)33(20)18-22-10-5-3-6-11-22)29(35)32-15-9-14-24(19-32)23-12-7-4-8-13-23/h3-8,10-13,16-17,24H,9,14-15,18-19H2,1-2H3,(H,31,34). The van der Waals surface area contributed by atoms with Crippen molar-refractivity contribution in [3.05, 3.63) is 95.3 Å². The van der Waals surface area contributed by atoms with Crippen LogP contribution in [0.15, 0.2) is 72.8 Å². The number of nitrogens with zero attached hydrogens (tertiary/aromatic N) is 3. The average Bonchev–Trinajstić information content (AvgIpc) is 3.18. The topological polar surface area (TPSA) is 67.2 Å². The number of carbonyl (C=O) groups excluding carboxylic acids is 2. The number of hydrogen-bond donors (Lipinski definition) is 1. The number of imidazole rings is 1. The maximum Gasteiger partial charge on any atom is 0.256 e. The first-order chi connectivity index (χ1) is 17.0. The lowest BCUT2D eigenvalue weighted by atomic mass is 9.90. The molecule has 0 bridgehead atoms. The minimum absolute atomic E-state index is 0.0166. The Morgan fingerprint density at radius 2 is 1.74 bits per heavy atom. The van der Waals surface area contributed by atoms with Crippen molar-refractivity contribution >= 4 is 28.5 Å². The van der Waals surface area contributed by atoms with E-state index in [1.54, 1.807) is 6.07 Å². The largest absolute Gasteiger partial charge is 0.338 e. The molecular weight excluding hydrogens is 436 g/mol. The molecule has 1 aliphatic rings. The Morgan fingerprint density at radius 3 is 2.46 bits per heavy atom. The highest BCUT2D eigenvalue weighted by Gasteiger charge is 2.28. The molecule has 1 unspecified atom stereocenters. The van der Waals surface area contributed by atoms with Crippen LogP contribution in [0.4, 0.5) is 5.69 Å². The van der Waals surface area contributed by atoms with E-state index in [-0.39, 0.29) is 11.8 Å². The highest BCUT2D eigenvalue weighted by atomic mass is 16.2. The molecule has 178 valence electrons. The minimum Gasteiger partial charge on any atom is -0.338 e. The van der Waals surface area contributed by atoms with Gasteiger partial charge in [0.15, 0.2) is 0 Å². The van der Waals surface area contributed by atoms with Gasteiger partial charge in [-0.05, 0) is 43.0 Å². The van der Waals surface area contributed by atoms with Crippen LogP contribution in [0, 0.1) is 6.92 Å². The maximum absolute atomic E-state index is 14.0. The van der Waals surface area contributed by atoms with Crippen molar-refractivity contribution in [1.82, 2.24) is 14.5 Å². The molecule has 0 aliphatic carbocycles. The van der Waals surface area contributed by atoms with E-state index in [2.05, 4.69) is 46.3 Å². The van der Waals surface area contributed by atoms with E-state index in [4.69, 9.17) is 4.98 Å². The Morgan fingerprint density at radius 1 is 1.03 bits per heavy atom. The van der Waals surface area contributed by atoms with Gasteiger partial charge in [-0.1, -0.05) is 60.7 Å². The Hall–Kier alpha value is -3.93. The molecular formula is C29H30N4O2. The minimum atomic E-state index is -0.176. The molecule has 1 fully saturated rings. The number of fused-ring (bicyclic) bond motifs is 1. The Balaban J connectivity index is 1.56. The SMILES string of the molecule is CC(=O)Nc1cc(C(=O)N2CCCC(c3ccccc3)C2)c2c(c1)nc(C)n2Cc1ccccc1. The van der Waals surface area contributed by atoms with Crippen LogP contribution in [0.5, 0.6) is 0 Å². The van der Waals surface area contributed by atoms with E-state index in [1.165, 1.54) is 12.5 Å². The maximum atomic E-state index is 14.0. The monoisotopic (exact) mass is 466 g/mol. The number of likely N-dealkylation sites (tertiary alicyclic amines) is 1. The van der Waals surface area contributed by atoms with Crippen LogP contribution in [-0.4, -0.2) is 39.4 Å². The summed E-state index contributed by atoms with van der Waals surface area (Å²) in [5, 5.41) is 2.85. The first-order valence-corrected chi connectivity index (χ1v) is 12.2. The smallest absolute Gasteiger partial charge is 0.256 e. The van der Waals surface area contributed by atoms with Gasteiger partial charge in [-0.3, -0.25) is 9.59 Å². The van der Waals surface area contributed by atoms with Crippen LogP contribution in [0.3, 0.4) is 0 Å². The summed E-state index contributed by atoms with van der Waals surface area (Å²) >= 11 is 0. The number of amides is 2. The number of nitrogens with one attached hydrogen (secondary N) is 1. The second-order valence-corrected chi connectivity index (χ2v) is 9.30. The van der Waals surface area contributed by atoms with E-state index in [9.17, 15) is 9.59 Å². The van der Waals surface area contributed by atoms with Crippen LogP contribution in [0.1, 0.15) is 53.0 Å². The lowest BCUT2D eigenvalue weighted by Gasteiger charge is -2.33. The number of carbonyl (C=O) groups is 2. The van der Waals surface area contributed by atoms with Crippen molar-refractivity contribution in [1.29, 1.82) is 0 Å². The normalized spacial score (nSPS) is 15.8. The molecule has 2 heterocycles. The fourth-order valence-corrected chi connectivity index (χ4v) is 5.11. The van der Waals surface area contributed by atoms with Crippen molar-refractivity contribution in [2.75, 3.05) is 18.4 Å². The molecule has 4 aromatic rings. The van der Waals surface area contributed by atoms with Gasteiger partial charge in [-0.2, -0.15) is 0 Å². The van der Waals surface area contributed by atoms with Crippen molar-refractivity contribution in [2.24, 2.45) is 0 Å². The summed E-state index contributed by atoms with van der Waals surface area (Å²) in [7, 11) is 0. The lowest BCUT2D eigenvalue weighted by Crippen LogP contribution is -2.39. The molecule has 35 heavy (non-hydrogen) atoms. The zero-order chi connectivity index (χ0) is 24.4. The van der Waals surface area contributed by atoms with E-state index in [1.807, 2.05) is 42.2 Å². The van der Waals surface area contributed by atoms with Crippen LogP contribution >= 0.6 is 0 Å². The quantitative estimate of drug-likeness (QED) is 0.430.